The summed E-state index contributed by atoms with van der Waals surface area (Å²) in [6.07, 6.45) is 5.90. The minimum atomic E-state index is -0.165. The van der Waals surface area contributed by atoms with Gasteiger partial charge in [-0.3, -0.25) is 4.79 Å². The summed E-state index contributed by atoms with van der Waals surface area (Å²) in [4.78, 5) is 12.8. The smallest absolute Gasteiger partial charge is 0.181 e. The van der Waals surface area contributed by atoms with Crippen LogP contribution in [0.25, 0.3) is 0 Å². The monoisotopic (exact) mass is 296 g/mol. The van der Waals surface area contributed by atoms with Gasteiger partial charge in [0.2, 0.25) is 0 Å². The zero-order valence-electron chi connectivity index (χ0n) is 14.4. The van der Waals surface area contributed by atoms with E-state index in [1.165, 1.54) is 5.57 Å². The lowest BCUT2D eigenvalue weighted by Crippen LogP contribution is -2.24. The zero-order valence-corrected chi connectivity index (χ0v) is 14.4. The van der Waals surface area contributed by atoms with E-state index in [0.717, 1.165) is 16.8 Å². The van der Waals surface area contributed by atoms with Gasteiger partial charge in [-0.2, -0.15) is 12.1 Å². The molecule has 0 bridgehead atoms. The normalized spacial score (nSPS) is 18.3. The van der Waals surface area contributed by atoms with Crippen LogP contribution >= 0.6 is 0 Å². The lowest BCUT2D eigenvalue weighted by Gasteiger charge is -2.31. The molecule has 1 aliphatic carbocycles. The van der Waals surface area contributed by atoms with Crippen molar-refractivity contribution in [2.45, 2.75) is 41.5 Å². The maximum atomic E-state index is 12.8. The zero-order chi connectivity index (χ0) is 16.5. The van der Waals surface area contributed by atoms with Gasteiger partial charge in [-0.15, -0.1) is 12.1 Å². The van der Waals surface area contributed by atoms with Crippen LogP contribution in [0.3, 0.4) is 0 Å². The fraction of sp³-hybridized carbons (Fsp3) is 0.400. The first-order valence-electron chi connectivity index (χ1n) is 7.76. The summed E-state index contributed by atoms with van der Waals surface area (Å²) in [5.41, 5.74) is 3.62. The van der Waals surface area contributed by atoms with Gasteiger partial charge in [0.25, 0.3) is 0 Å². The summed E-state index contributed by atoms with van der Waals surface area (Å²) >= 11 is 0. The molecule has 0 fully saturated rings. The Morgan fingerprint density at radius 3 is 2.05 bits per heavy atom. The van der Waals surface area contributed by atoms with Crippen LogP contribution in [0.1, 0.15) is 41.5 Å². The number of rotatable bonds is 2. The van der Waals surface area contributed by atoms with Crippen molar-refractivity contribution in [1.82, 2.24) is 0 Å². The number of carbonyl (C=O) groups is 1. The van der Waals surface area contributed by atoms with Gasteiger partial charge in [0.15, 0.2) is 5.78 Å². The third kappa shape index (κ3) is 3.62. The third-order valence-corrected chi connectivity index (χ3v) is 3.85. The number of carbonyl (C=O) groups excluding carboxylic acids is 1. The molecule has 1 aromatic carbocycles. The topological polar surface area (TPSA) is 29.1 Å². The van der Waals surface area contributed by atoms with Gasteiger partial charge >= 0.3 is 0 Å². The molecule has 1 aromatic rings. The molecule has 2 nitrogen and oxygen atoms in total. The predicted octanol–water partition coefficient (Wildman–Crippen LogP) is 5.23. The first kappa shape index (κ1) is 16.4. The average Bonchev–Trinajstić information content (AvgIpc) is 2.87. The summed E-state index contributed by atoms with van der Waals surface area (Å²) in [7, 11) is 0. The number of anilines is 1. The molecule has 0 spiro atoms. The maximum absolute atomic E-state index is 12.8. The van der Waals surface area contributed by atoms with Crippen LogP contribution in [0.4, 0.5) is 5.69 Å². The van der Waals surface area contributed by atoms with E-state index in [9.17, 15) is 4.79 Å². The molecule has 0 heterocycles. The molecule has 118 valence electrons. The minimum Gasteiger partial charge on any atom is -0.439 e. The molecule has 2 heteroatoms. The summed E-state index contributed by atoms with van der Waals surface area (Å²) < 4.78 is 0. The van der Waals surface area contributed by atoms with Gasteiger partial charge in [0.05, 0.1) is 0 Å². The van der Waals surface area contributed by atoms with Crippen molar-refractivity contribution < 1.29 is 4.79 Å². The Kier molecular flexibility index (Phi) is 4.23. The lowest BCUT2D eigenvalue weighted by molar-refractivity contribution is -0.112. The van der Waals surface area contributed by atoms with Crippen LogP contribution in [0.2, 0.25) is 0 Å². The SMILES string of the molecule is CC(C)(C)C1=CC(=CN[c-]2cccc2)C(=O)C(C(C)(C)C)=C1. The Hall–Kier alpha value is -1.96. The summed E-state index contributed by atoms with van der Waals surface area (Å²) in [5, 5.41) is 3.21. The Labute approximate surface area is 134 Å². The number of hydrogen-bond donors (Lipinski definition) is 1. The van der Waals surface area contributed by atoms with Crippen molar-refractivity contribution in [2.24, 2.45) is 10.8 Å². The van der Waals surface area contributed by atoms with E-state index in [0.29, 0.717) is 0 Å². The molecule has 0 unspecified atom stereocenters. The molecule has 0 radical (unpaired) electrons. The molecule has 0 saturated heterocycles. The molecule has 0 aliphatic heterocycles. The maximum Gasteiger partial charge on any atom is 0.181 e. The number of Topliss-reactive ketones (excluding diaryl/α,β-unsaturated/α-hetero) is 1. The summed E-state index contributed by atoms with van der Waals surface area (Å²) in [5.74, 6) is 0.111. The van der Waals surface area contributed by atoms with Crippen LogP contribution in [-0.4, -0.2) is 5.78 Å². The molecule has 22 heavy (non-hydrogen) atoms. The Morgan fingerprint density at radius 1 is 0.955 bits per heavy atom. The molecule has 0 aromatic heterocycles. The molecule has 0 atom stereocenters. The predicted molar refractivity (Wildman–Crippen MR) is 93.8 cm³/mol. The van der Waals surface area contributed by atoms with Gasteiger partial charge in [-0.25, -0.2) is 0 Å². The van der Waals surface area contributed by atoms with Crippen molar-refractivity contribution in [3.8, 4) is 0 Å². The van der Waals surface area contributed by atoms with Crippen molar-refractivity contribution in [2.75, 3.05) is 5.32 Å². The molecular formula is C20H26NO-. The van der Waals surface area contributed by atoms with E-state index in [4.69, 9.17) is 0 Å². The quantitative estimate of drug-likeness (QED) is 0.598. The second-order valence-electron chi connectivity index (χ2n) is 7.90. The van der Waals surface area contributed by atoms with Gasteiger partial charge in [-0.1, -0.05) is 65.6 Å². The second-order valence-corrected chi connectivity index (χ2v) is 7.90. The standard InChI is InChI=1S/C20H26NO/c1-19(2,3)15-11-14(13-21-16-9-7-8-10-16)18(22)17(12-15)20(4,5)6/h7-13,21H,1-6H3/q-1. The van der Waals surface area contributed by atoms with E-state index < -0.39 is 0 Å². The largest absolute Gasteiger partial charge is 0.439 e. The van der Waals surface area contributed by atoms with Gasteiger partial charge < -0.3 is 5.32 Å². The van der Waals surface area contributed by atoms with Crippen molar-refractivity contribution >= 4 is 11.5 Å². The Bertz CT molecular complexity index is 641. The van der Waals surface area contributed by atoms with E-state index in [1.54, 1.807) is 0 Å². The van der Waals surface area contributed by atoms with Crippen molar-refractivity contribution in [3.05, 3.63) is 59.3 Å². The lowest BCUT2D eigenvalue weighted by atomic mass is 9.73. The molecule has 0 amide bonds. The van der Waals surface area contributed by atoms with Crippen LogP contribution in [0, 0.1) is 10.8 Å². The fourth-order valence-electron chi connectivity index (χ4n) is 2.38. The second kappa shape index (κ2) is 5.68. The number of ketones is 1. The molecular weight excluding hydrogens is 270 g/mol. The summed E-state index contributed by atoms with van der Waals surface area (Å²) in [6.45, 7) is 12.8. The number of nitrogens with one attached hydrogen (secondary N) is 1. The molecule has 0 saturated carbocycles. The number of allylic oxidation sites excluding steroid dienone is 5. The van der Waals surface area contributed by atoms with Gasteiger partial charge in [-0.05, 0) is 22.0 Å². The number of hydrogen-bond acceptors (Lipinski definition) is 2. The highest BCUT2D eigenvalue weighted by molar-refractivity contribution is 6.12. The third-order valence-electron chi connectivity index (χ3n) is 3.85. The first-order chi connectivity index (χ1) is 10.1. The highest BCUT2D eigenvalue weighted by Gasteiger charge is 2.30. The molecule has 1 aliphatic rings. The Morgan fingerprint density at radius 2 is 1.55 bits per heavy atom. The van der Waals surface area contributed by atoms with Gasteiger partial charge in [0.1, 0.15) is 0 Å². The first-order valence-corrected chi connectivity index (χ1v) is 7.76. The van der Waals surface area contributed by atoms with Crippen LogP contribution in [-0.2, 0) is 4.79 Å². The average molecular weight is 296 g/mol. The van der Waals surface area contributed by atoms with E-state index in [1.807, 2.05) is 36.5 Å². The highest BCUT2D eigenvalue weighted by atomic mass is 16.1. The van der Waals surface area contributed by atoms with E-state index in [-0.39, 0.29) is 16.6 Å². The Balaban J connectivity index is 2.42. The minimum absolute atomic E-state index is 0.0105. The summed E-state index contributed by atoms with van der Waals surface area (Å²) in [6, 6.07) is 7.92. The molecule has 1 N–H and O–H groups in total. The van der Waals surface area contributed by atoms with Crippen LogP contribution in [0.15, 0.2) is 59.3 Å². The van der Waals surface area contributed by atoms with Gasteiger partial charge in [0, 0.05) is 5.57 Å². The van der Waals surface area contributed by atoms with E-state index in [2.05, 4.69) is 52.9 Å². The highest BCUT2D eigenvalue weighted by Crippen LogP contribution is 2.38. The molecule has 2 rings (SSSR count). The van der Waals surface area contributed by atoms with Crippen molar-refractivity contribution in [3.63, 3.8) is 0 Å². The van der Waals surface area contributed by atoms with Crippen LogP contribution < -0.4 is 5.32 Å². The fourth-order valence-corrected chi connectivity index (χ4v) is 2.38. The van der Waals surface area contributed by atoms with Crippen molar-refractivity contribution in [1.29, 1.82) is 0 Å². The van der Waals surface area contributed by atoms with Crippen LogP contribution in [0.5, 0.6) is 0 Å². The van der Waals surface area contributed by atoms with E-state index >= 15 is 0 Å².